The zero-order chi connectivity index (χ0) is 13.6. The van der Waals surface area contributed by atoms with Gasteiger partial charge in [0.25, 0.3) is 0 Å². The molecule has 1 aromatic carbocycles. The lowest BCUT2D eigenvalue weighted by Crippen LogP contribution is -2.55. The van der Waals surface area contributed by atoms with Crippen molar-refractivity contribution in [3.05, 3.63) is 29.8 Å². The molecule has 0 bridgehead atoms. The van der Waals surface area contributed by atoms with Crippen molar-refractivity contribution < 1.29 is 9.90 Å². The second-order valence-corrected chi connectivity index (χ2v) is 6.01. The lowest BCUT2D eigenvalue weighted by atomic mass is 9.82. The standard InChI is InChI=1S/C15H20N2O2/c1-15(2)14(19)13(17-9-5-8-12(17)18)10-6-3-4-7-11(10)16-15/h3-4,6-7,13-14,16,19H,5,8-9H2,1-2H3. The van der Waals surface area contributed by atoms with Gasteiger partial charge >= 0.3 is 0 Å². The molecular formula is C15H20N2O2. The van der Waals surface area contributed by atoms with Crippen molar-refractivity contribution in [3.8, 4) is 0 Å². The predicted octanol–water partition coefficient (Wildman–Crippen LogP) is 1.92. The maximum absolute atomic E-state index is 12.0. The van der Waals surface area contributed by atoms with Crippen LogP contribution in [0.4, 0.5) is 5.69 Å². The van der Waals surface area contributed by atoms with Crippen LogP contribution in [0.25, 0.3) is 0 Å². The minimum absolute atomic E-state index is 0.150. The van der Waals surface area contributed by atoms with Gasteiger partial charge in [0, 0.05) is 24.2 Å². The highest BCUT2D eigenvalue weighted by atomic mass is 16.3. The third kappa shape index (κ3) is 1.91. The third-order valence-electron chi connectivity index (χ3n) is 4.22. The molecule has 2 heterocycles. The van der Waals surface area contributed by atoms with E-state index >= 15 is 0 Å². The number of para-hydroxylation sites is 1. The van der Waals surface area contributed by atoms with Crippen molar-refractivity contribution in [3.63, 3.8) is 0 Å². The van der Waals surface area contributed by atoms with Crippen LogP contribution in [0.3, 0.4) is 0 Å². The Bertz CT molecular complexity index is 513. The Hall–Kier alpha value is -1.55. The summed E-state index contributed by atoms with van der Waals surface area (Å²) in [5.74, 6) is 0.150. The number of anilines is 1. The van der Waals surface area contributed by atoms with Crippen molar-refractivity contribution >= 4 is 11.6 Å². The average molecular weight is 260 g/mol. The van der Waals surface area contributed by atoms with Gasteiger partial charge in [-0.15, -0.1) is 0 Å². The summed E-state index contributed by atoms with van der Waals surface area (Å²) in [6.07, 6.45) is 0.876. The van der Waals surface area contributed by atoms with E-state index in [1.165, 1.54) is 0 Å². The van der Waals surface area contributed by atoms with Crippen LogP contribution in [0.5, 0.6) is 0 Å². The molecule has 2 atom stereocenters. The zero-order valence-electron chi connectivity index (χ0n) is 11.4. The fourth-order valence-corrected chi connectivity index (χ4v) is 3.16. The molecule has 0 saturated carbocycles. The van der Waals surface area contributed by atoms with E-state index in [1.54, 1.807) is 0 Å². The molecule has 2 aliphatic heterocycles. The van der Waals surface area contributed by atoms with E-state index < -0.39 is 11.6 Å². The number of likely N-dealkylation sites (tertiary alicyclic amines) is 1. The maximum atomic E-state index is 12.0. The summed E-state index contributed by atoms with van der Waals surface area (Å²) in [4.78, 5) is 13.9. The highest BCUT2D eigenvalue weighted by Crippen LogP contribution is 2.42. The summed E-state index contributed by atoms with van der Waals surface area (Å²) in [6, 6.07) is 7.71. The molecule has 1 aromatic rings. The third-order valence-corrected chi connectivity index (χ3v) is 4.22. The molecule has 102 valence electrons. The molecule has 3 rings (SSSR count). The fraction of sp³-hybridized carbons (Fsp3) is 0.533. The molecule has 19 heavy (non-hydrogen) atoms. The van der Waals surface area contributed by atoms with Crippen LogP contribution in [0, 0.1) is 0 Å². The largest absolute Gasteiger partial charge is 0.388 e. The van der Waals surface area contributed by atoms with Gasteiger partial charge in [0.1, 0.15) is 6.10 Å². The number of fused-ring (bicyclic) bond motifs is 1. The Morgan fingerprint density at radius 3 is 2.79 bits per heavy atom. The fourth-order valence-electron chi connectivity index (χ4n) is 3.16. The van der Waals surface area contributed by atoms with Gasteiger partial charge in [0.15, 0.2) is 0 Å². The summed E-state index contributed by atoms with van der Waals surface area (Å²) in [5.41, 5.74) is 1.59. The lowest BCUT2D eigenvalue weighted by Gasteiger charge is -2.46. The smallest absolute Gasteiger partial charge is 0.223 e. The Morgan fingerprint density at radius 2 is 2.11 bits per heavy atom. The van der Waals surface area contributed by atoms with Crippen LogP contribution < -0.4 is 5.32 Å². The van der Waals surface area contributed by atoms with E-state index in [-0.39, 0.29) is 11.9 Å². The highest BCUT2D eigenvalue weighted by Gasteiger charge is 2.45. The number of hydrogen-bond acceptors (Lipinski definition) is 3. The first-order valence-electron chi connectivity index (χ1n) is 6.85. The molecular weight excluding hydrogens is 240 g/mol. The molecule has 0 spiro atoms. The first kappa shape index (κ1) is 12.5. The number of nitrogens with one attached hydrogen (secondary N) is 1. The van der Waals surface area contributed by atoms with Crippen LogP contribution in [0.1, 0.15) is 38.3 Å². The highest BCUT2D eigenvalue weighted by molar-refractivity contribution is 5.79. The van der Waals surface area contributed by atoms with Gasteiger partial charge in [0.2, 0.25) is 5.91 Å². The molecule has 4 heteroatoms. The number of carbonyl (C=O) groups is 1. The van der Waals surface area contributed by atoms with E-state index in [0.29, 0.717) is 6.42 Å². The minimum atomic E-state index is -0.607. The number of hydrogen-bond donors (Lipinski definition) is 2. The quantitative estimate of drug-likeness (QED) is 0.811. The van der Waals surface area contributed by atoms with Gasteiger partial charge in [-0.1, -0.05) is 18.2 Å². The number of nitrogens with zero attached hydrogens (tertiary/aromatic N) is 1. The van der Waals surface area contributed by atoms with Crippen molar-refractivity contribution in [2.45, 2.75) is 44.4 Å². The lowest BCUT2D eigenvalue weighted by molar-refractivity contribution is -0.133. The summed E-state index contributed by atoms with van der Waals surface area (Å²) in [7, 11) is 0. The Labute approximate surface area is 113 Å². The van der Waals surface area contributed by atoms with E-state index in [1.807, 2.05) is 43.0 Å². The SMILES string of the molecule is CC1(C)Nc2ccccc2C(N2CCCC2=O)C1O. The van der Waals surface area contributed by atoms with Gasteiger partial charge in [-0.2, -0.15) is 0 Å². The first-order valence-corrected chi connectivity index (χ1v) is 6.85. The van der Waals surface area contributed by atoms with Gasteiger partial charge in [-0.05, 0) is 26.3 Å². The number of benzene rings is 1. The number of rotatable bonds is 1. The molecule has 0 aliphatic carbocycles. The van der Waals surface area contributed by atoms with Crippen LogP contribution in [-0.4, -0.2) is 34.1 Å². The molecule has 2 N–H and O–H groups in total. The van der Waals surface area contributed by atoms with Crippen molar-refractivity contribution in [2.75, 3.05) is 11.9 Å². The number of amides is 1. The van der Waals surface area contributed by atoms with E-state index in [0.717, 1.165) is 24.2 Å². The number of carbonyl (C=O) groups excluding carboxylic acids is 1. The molecule has 1 fully saturated rings. The molecule has 2 aliphatic rings. The zero-order valence-corrected chi connectivity index (χ0v) is 11.4. The maximum Gasteiger partial charge on any atom is 0.223 e. The summed E-state index contributed by atoms with van der Waals surface area (Å²) >= 11 is 0. The second kappa shape index (κ2) is 4.23. The molecule has 4 nitrogen and oxygen atoms in total. The van der Waals surface area contributed by atoms with Gasteiger partial charge in [-0.25, -0.2) is 0 Å². The summed E-state index contributed by atoms with van der Waals surface area (Å²) in [5, 5.41) is 14.0. The summed E-state index contributed by atoms with van der Waals surface area (Å²) in [6.45, 7) is 4.69. The average Bonchev–Trinajstić information content (AvgIpc) is 2.77. The van der Waals surface area contributed by atoms with Gasteiger partial charge in [-0.3, -0.25) is 4.79 Å². The normalized spacial score (nSPS) is 29.0. The van der Waals surface area contributed by atoms with E-state index in [2.05, 4.69) is 5.32 Å². The van der Waals surface area contributed by atoms with Crippen molar-refractivity contribution in [1.29, 1.82) is 0 Å². The van der Waals surface area contributed by atoms with Crippen LogP contribution in [0.15, 0.2) is 24.3 Å². The first-order chi connectivity index (χ1) is 9.00. The molecule has 0 aromatic heterocycles. The van der Waals surface area contributed by atoms with Gasteiger partial charge < -0.3 is 15.3 Å². The number of aliphatic hydroxyl groups is 1. The van der Waals surface area contributed by atoms with Crippen molar-refractivity contribution in [1.82, 2.24) is 4.90 Å². The van der Waals surface area contributed by atoms with Crippen LogP contribution in [0.2, 0.25) is 0 Å². The Morgan fingerprint density at radius 1 is 1.37 bits per heavy atom. The van der Waals surface area contributed by atoms with Crippen LogP contribution in [-0.2, 0) is 4.79 Å². The number of aliphatic hydroxyl groups excluding tert-OH is 1. The Balaban J connectivity index is 2.08. The van der Waals surface area contributed by atoms with Crippen molar-refractivity contribution in [2.24, 2.45) is 0 Å². The monoisotopic (exact) mass is 260 g/mol. The molecule has 1 amide bonds. The molecule has 2 unspecified atom stereocenters. The van der Waals surface area contributed by atoms with Gasteiger partial charge in [0.05, 0.1) is 11.6 Å². The minimum Gasteiger partial charge on any atom is -0.388 e. The molecule has 0 radical (unpaired) electrons. The topological polar surface area (TPSA) is 52.6 Å². The second-order valence-electron chi connectivity index (χ2n) is 6.01. The van der Waals surface area contributed by atoms with Crippen LogP contribution >= 0.6 is 0 Å². The van der Waals surface area contributed by atoms with E-state index in [9.17, 15) is 9.90 Å². The predicted molar refractivity (Wildman–Crippen MR) is 73.8 cm³/mol. The molecule has 1 saturated heterocycles. The summed E-state index contributed by atoms with van der Waals surface area (Å²) < 4.78 is 0. The Kier molecular flexibility index (Phi) is 2.78. The van der Waals surface area contributed by atoms with E-state index in [4.69, 9.17) is 0 Å².